The Hall–Kier alpha value is -1.33. The van der Waals surface area contributed by atoms with Gasteiger partial charge in [-0.1, -0.05) is 15.9 Å². The second kappa shape index (κ2) is 5.81. The maximum atomic E-state index is 6.33. The van der Waals surface area contributed by atoms with Crippen molar-refractivity contribution in [1.82, 2.24) is 19.3 Å². The molecule has 21 heavy (non-hydrogen) atoms. The van der Waals surface area contributed by atoms with Gasteiger partial charge in [0.15, 0.2) is 0 Å². The number of fused-ring (bicyclic) bond motifs is 1. The third-order valence-electron chi connectivity index (χ3n) is 3.49. The molecular weight excluding hydrogens is 352 g/mol. The highest BCUT2D eigenvalue weighted by atomic mass is 79.9. The Bertz CT molecular complexity index is 748. The average Bonchev–Trinajstić information content (AvgIpc) is 3.04. The van der Waals surface area contributed by atoms with E-state index in [-0.39, 0.29) is 11.4 Å². The molecule has 1 aromatic carbocycles. The molecule has 6 heteroatoms. The van der Waals surface area contributed by atoms with Crippen molar-refractivity contribution in [3.05, 3.63) is 47.0 Å². The summed E-state index contributed by atoms with van der Waals surface area (Å²) in [6.07, 6.45) is 3.76. The molecule has 0 aliphatic rings. The topological polar surface area (TPSA) is 35.6 Å². The molecule has 2 atom stereocenters. The van der Waals surface area contributed by atoms with Gasteiger partial charge >= 0.3 is 0 Å². The predicted molar refractivity (Wildman–Crippen MR) is 88.6 cm³/mol. The fraction of sp³-hybridized carbons (Fsp3) is 0.333. The van der Waals surface area contributed by atoms with Crippen molar-refractivity contribution in [2.45, 2.75) is 31.8 Å². The summed E-state index contributed by atoms with van der Waals surface area (Å²) in [5.74, 6) is 0.893. The van der Waals surface area contributed by atoms with Crippen molar-refractivity contribution in [1.29, 1.82) is 0 Å². The molecule has 0 amide bonds. The zero-order valence-corrected chi connectivity index (χ0v) is 14.2. The second-order valence-corrected chi connectivity index (χ2v) is 6.74. The summed E-state index contributed by atoms with van der Waals surface area (Å²) < 4.78 is 5.16. The maximum Gasteiger partial charge on any atom is 0.128 e. The summed E-state index contributed by atoms with van der Waals surface area (Å²) in [5.41, 5.74) is 2.06. The monoisotopic (exact) mass is 366 g/mol. The SMILES string of the molecule is CC(Cl)c1nc2cc(Br)ccc2n1C(C)Cn1cccn1. The Kier molecular flexibility index (Phi) is 4.04. The number of hydrogen-bond donors (Lipinski definition) is 0. The first-order valence-corrected chi connectivity index (χ1v) is 8.08. The van der Waals surface area contributed by atoms with Gasteiger partial charge in [-0.05, 0) is 38.1 Å². The van der Waals surface area contributed by atoms with Gasteiger partial charge < -0.3 is 4.57 Å². The van der Waals surface area contributed by atoms with Crippen molar-refractivity contribution >= 4 is 38.6 Å². The zero-order chi connectivity index (χ0) is 15.0. The maximum absolute atomic E-state index is 6.33. The van der Waals surface area contributed by atoms with E-state index >= 15 is 0 Å². The van der Waals surface area contributed by atoms with Crippen molar-refractivity contribution in [3.8, 4) is 0 Å². The number of rotatable bonds is 4. The number of imidazole rings is 1. The smallest absolute Gasteiger partial charge is 0.128 e. The van der Waals surface area contributed by atoms with Crippen LogP contribution in [0.2, 0.25) is 0 Å². The molecule has 0 saturated heterocycles. The Balaban J connectivity index is 2.08. The molecule has 3 rings (SSSR count). The Labute approximate surface area is 136 Å². The van der Waals surface area contributed by atoms with Crippen molar-refractivity contribution in [2.75, 3.05) is 0 Å². The normalized spacial score (nSPS) is 14.5. The lowest BCUT2D eigenvalue weighted by Crippen LogP contribution is -2.16. The molecule has 0 aliphatic heterocycles. The minimum atomic E-state index is -0.142. The van der Waals surface area contributed by atoms with Gasteiger partial charge in [-0.2, -0.15) is 5.10 Å². The molecule has 0 fully saturated rings. The van der Waals surface area contributed by atoms with Gasteiger partial charge in [-0.3, -0.25) is 4.68 Å². The lowest BCUT2D eigenvalue weighted by molar-refractivity contribution is 0.434. The quantitative estimate of drug-likeness (QED) is 0.634. The first kappa shape index (κ1) is 14.6. The summed E-state index contributed by atoms with van der Waals surface area (Å²) in [6, 6.07) is 8.28. The molecule has 0 radical (unpaired) electrons. The minimum absolute atomic E-state index is 0.142. The Morgan fingerprint density at radius 2 is 2.14 bits per heavy atom. The minimum Gasteiger partial charge on any atom is -0.322 e. The molecule has 0 aliphatic carbocycles. The summed E-state index contributed by atoms with van der Waals surface area (Å²) >= 11 is 9.82. The van der Waals surface area contributed by atoms with Crippen LogP contribution in [0.5, 0.6) is 0 Å². The van der Waals surface area contributed by atoms with E-state index in [1.807, 2.05) is 36.0 Å². The third-order valence-corrected chi connectivity index (χ3v) is 4.17. The first-order valence-electron chi connectivity index (χ1n) is 6.85. The van der Waals surface area contributed by atoms with Crippen LogP contribution in [0.3, 0.4) is 0 Å². The van der Waals surface area contributed by atoms with E-state index in [2.05, 4.69) is 38.6 Å². The van der Waals surface area contributed by atoms with Gasteiger partial charge in [0.2, 0.25) is 0 Å². The summed E-state index contributed by atoms with van der Waals surface area (Å²) in [6.45, 7) is 4.90. The van der Waals surface area contributed by atoms with Crippen LogP contribution in [0.4, 0.5) is 0 Å². The fourth-order valence-corrected chi connectivity index (χ4v) is 3.10. The van der Waals surface area contributed by atoms with Crippen LogP contribution in [0, 0.1) is 0 Å². The third kappa shape index (κ3) is 2.85. The number of alkyl halides is 1. The molecule has 0 spiro atoms. The lowest BCUT2D eigenvalue weighted by Gasteiger charge is -2.18. The summed E-state index contributed by atoms with van der Waals surface area (Å²) in [7, 11) is 0. The van der Waals surface area contributed by atoms with Crippen LogP contribution >= 0.6 is 27.5 Å². The highest BCUT2D eigenvalue weighted by Crippen LogP contribution is 2.30. The van der Waals surface area contributed by atoms with Crippen LogP contribution in [0.25, 0.3) is 11.0 Å². The molecule has 3 aromatic rings. The number of halogens is 2. The first-order chi connectivity index (χ1) is 10.1. The molecule has 2 unspecified atom stereocenters. The fourth-order valence-electron chi connectivity index (χ4n) is 2.60. The average molecular weight is 368 g/mol. The van der Waals surface area contributed by atoms with E-state index in [4.69, 9.17) is 16.6 Å². The van der Waals surface area contributed by atoms with Gasteiger partial charge in [0.1, 0.15) is 5.82 Å². The zero-order valence-electron chi connectivity index (χ0n) is 11.9. The van der Waals surface area contributed by atoms with E-state index in [0.717, 1.165) is 27.9 Å². The van der Waals surface area contributed by atoms with Gasteiger partial charge in [-0.25, -0.2) is 4.98 Å². The molecule has 0 bridgehead atoms. The standard InChI is InChI=1S/C15H16BrClN4/c1-10(9-20-7-3-6-18-20)21-14-5-4-12(16)8-13(14)19-15(21)11(2)17/h3-8,10-11H,9H2,1-2H3. The van der Waals surface area contributed by atoms with E-state index < -0.39 is 0 Å². The van der Waals surface area contributed by atoms with Crippen molar-refractivity contribution < 1.29 is 0 Å². The van der Waals surface area contributed by atoms with Gasteiger partial charge in [-0.15, -0.1) is 11.6 Å². The number of aromatic nitrogens is 4. The highest BCUT2D eigenvalue weighted by molar-refractivity contribution is 9.10. The van der Waals surface area contributed by atoms with Crippen LogP contribution in [-0.2, 0) is 6.54 Å². The Morgan fingerprint density at radius 1 is 1.33 bits per heavy atom. The molecule has 0 N–H and O–H groups in total. The summed E-state index contributed by atoms with van der Waals surface area (Å²) in [5, 5.41) is 4.13. The molecule has 4 nitrogen and oxygen atoms in total. The van der Waals surface area contributed by atoms with E-state index in [1.165, 1.54) is 0 Å². The lowest BCUT2D eigenvalue weighted by atomic mass is 10.2. The van der Waals surface area contributed by atoms with Gasteiger partial charge in [0.05, 0.1) is 29.0 Å². The molecule has 0 saturated carbocycles. The van der Waals surface area contributed by atoms with Gasteiger partial charge in [0.25, 0.3) is 0 Å². The van der Waals surface area contributed by atoms with Crippen LogP contribution in [-0.4, -0.2) is 19.3 Å². The largest absolute Gasteiger partial charge is 0.322 e. The molecular formula is C15H16BrClN4. The molecule has 110 valence electrons. The molecule has 2 aromatic heterocycles. The van der Waals surface area contributed by atoms with Gasteiger partial charge in [0, 0.05) is 16.9 Å². The summed E-state index contributed by atoms with van der Waals surface area (Å²) in [4.78, 5) is 4.69. The van der Waals surface area contributed by atoms with Crippen LogP contribution in [0.1, 0.15) is 31.1 Å². The van der Waals surface area contributed by atoms with Crippen LogP contribution in [0.15, 0.2) is 41.1 Å². The predicted octanol–water partition coefficient (Wildman–Crippen LogP) is 4.56. The number of nitrogens with zero attached hydrogens (tertiary/aromatic N) is 4. The second-order valence-electron chi connectivity index (χ2n) is 5.17. The number of hydrogen-bond acceptors (Lipinski definition) is 2. The van der Waals surface area contributed by atoms with Crippen molar-refractivity contribution in [3.63, 3.8) is 0 Å². The number of benzene rings is 1. The van der Waals surface area contributed by atoms with E-state index in [1.54, 1.807) is 6.20 Å². The van der Waals surface area contributed by atoms with Crippen molar-refractivity contribution in [2.24, 2.45) is 0 Å². The molecule has 2 heterocycles. The Morgan fingerprint density at radius 3 is 2.81 bits per heavy atom. The van der Waals surface area contributed by atoms with E-state index in [9.17, 15) is 0 Å². The van der Waals surface area contributed by atoms with Crippen LogP contribution < -0.4 is 0 Å². The highest BCUT2D eigenvalue weighted by Gasteiger charge is 2.19. The van der Waals surface area contributed by atoms with E-state index in [0.29, 0.717) is 0 Å².